The van der Waals surface area contributed by atoms with E-state index in [1.54, 1.807) is 6.92 Å². The Labute approximate surface area is 119 Å². The number of aromatic nitrogens is 2. The fourth-order valence-corrected chi connectivity index (χ4v) is 3.41. The number of thiophene rings is 1. The number of anilines is 1. The van der Waals surface area contributed by atoms with Crippen molar-refractivity contribution < 1.29 is 14.6 Å². The van der Waals surface area contributed by atoms with E-state index < -0.39 is 5.97 Å². The predicted molar refractivity (Wildman–Crippen MR) is 76.6 cm³/mol. The molecule has 3 heterocycles. The van der Waals surface area contributed by atoms with Crippen LogP contribution >= 0.6 is 11.3 Å². The Morgan fingerprint density at radius 1 is 1.55 bits per heavy atom. The number of fused-ring (bicyclic) bond motifs is 1. The van der Waals surface area contributed by atoms with Crippen LogP contribution in [0.25, 0.3) is 10.2 Å². The number of nitrogens with one attached hydrogen (secondary N) is 1. The first kappa shape index (κ1) is 13.3. The van der Waals surface area contributed by atoms with Crippen molar-refractivity contribution in [3.05, 3.63) is 16.8 Å². The lowest BCUT2D eigenvalue weighted by atomic mass is 10.0. The van der Waals surface area contributed by atoms with Crippen LogP contribution in [0.15, 0.2) is 6.33 Å². The second kappa shape index (κ2) is 4.68. The molecule has 106 valence electrons. The molecule has 3 rings (SSSR count). The highest BCUT2D eigenvalue weighted by molar-refractivity contribution is 7.20. The molecule has 1 aliphatic heterocycles. The van der Waals surface area contributed by atoms with Crippen molar-refractivity contribution in [2.24, 2.45) is 0 Å². The van der Waals surface area contributed by atoms with Crippen molar-refractivity contribution in [2.75, 3.05) is 18.5 Å². The van der Waals surface area contributed by atoms with Crippen LogP contribution in [0.5, 0.6) is 0 Å². The summed E-state index contributed by atoms with van der Waals surface area (Å²) in [6.07, 6.45) is 2.36. The van der Waals surface area contributed by atoms with Gasteiger partial charge in [-0.25, -0.2) is 14.8 Å². The zero-order chi connectivity index (χ0) is 14.3. The van der Waals surface area contributed by atoms with Crippen LogP contribution in [-0.4, -0.2) is 39.8 Å². The van der Waals surface area contributed by atoms with Gasteiger partial charge in [0.25, 0.3) is 0 Å². The van der Waals surface area contributed by atoms with Gasteiger partial charge in [-0.1, -0.05) is 0 Å². The highest BCUT2D eigenvalue weighted by atomic mass is 32.1. The fourth-order valence-electron chi connectivity index (χ4n) is 2.42. The minimum Gasteiger partial charge on any atom is -0.477 e. The number of aromatic carboxylic acids is 1. The monoisotopic (exact) mass is 293 g/mol. The number of rotatable bonds is 3. The van der Waals surface area contributed by atoms with Crippen LogP contribution in [0.2, 0.25) is 0 Å². The number of ether oxygens (including phenoxy) is 1. The summed E-state index contributed by atoms with van der Waals surface area (Å²) < 4.78 is 5.42. The van der Waals surface area contributed by atoms with E-state index in [9.17, 15) is 9.90 Å². The molecule has 1 atom stereocenters. The Balaban J connectivity index is 2.09. The van der Waals surface area contributed by atoms with Crippen LogP contribution < -0.4 is 5.32 Å². The molecule has 1 fully saturated rings. The fraction of sp³-hybridized carbons (Fsp3) is 0.462. The number of hydrogen-bond donors (Lipinski definition) is 2. The van der Waals surface area contributed by atoms with Crippen molar-refractivity contribution in [3.63, 3.8) is 0 Å². The number of aryl methyl sites for hydroxylation is 1. The van der Waals surface area contributed by atoms with Gasteiger partial charge in [0.15, 0.2) is 0 Å². The van der Waals surface area contributed by atoms with Gasteiger partial charge in [-0.2, -0.15) is 0 Å². The van der Waals surface area contributed by atoms with Crippen molar-refractivity contribution in [1.29, 1.82) is 0 Å². The summed E-state index contributed by atoms with van der Waals surface area (Å²) >= 11 is 1.18. The quantitative estimate of drug-likeness (QED) is 0.903. The van der Waals surface area contributed by atoms with E-state index in [0.29, 0.717) is 27.7 Å². The zero-order valence-corrected chi connectivity index (χ0v) is 12.1. The minimum atomic E-state index is -0.924. The summed E-state index contributed by atoms with van der Waals surface area (Å²) in [7, 11) is 0. The van der Waals surface area contributed by atoms with Crippen LogP contribution in [0.3, 0.4) is 0 Å². The van der Waals surface area contributed by atoms with Gasteiger partial charge < -0.3 is 15.2 Å². The Hall–Kier alpha value is -1.73. The van der Waals surface area contributed by atoms with Crippen LogP contribution in [0.4, 0.5) is 5.82 Å². The first-order valence-electron chi connectivity index (χ1n) is 6.33. The Kier molecular flexibility index (Phi) is 3.10. The summed E-state index contributed by atoms with van der Waals surface area (Å²) in [5, 5.41) is 13.4. The zero-order valence-electron chi connectivity index (χ0n) is 11.3. The van der Waals surface area contributed by atoms with Gasteiger partial charge in [-0.3, -0.25) is 0 Å². The maximum Gasteiger partial charge on any atom is 0.346 e. The molecular weight excluding hydrogens is 278 g/mol. The molecule has 0 spiro atoms. The van der Waals surface area contributed by atoms with Gasteiger partial charge >= 0.3 is 5.97 Å². The summed E-state index contributed by atoms with van der Waals surface area (Å²) in [5.74, 6) is -0.240. The maximum absolute atomic E-state index is 11.2. The molecule has 2 aromatic rings. The van der Waals surface area contributed by atoms with Crippen molar-refractivity contribution in [2.45, 2.75) is 25.8 Å². The molecule has 0 saturated carbocycles. The lowest BCUT2D eigenvalue weighted by Gasteiger charge is -2.24. The predicted octanol–water partition coefficient (Wildman–Crippen LogP) is 2.29. The molecular formula is C13H15N3O3S. The topological polar surface area (TPSA) is 84.3 Å². The van der Waals surface area contributed by atoms with E-state index in [-0.39, 0.29) is 5.54 Å². The third-order valence-electron chi connectivity index (χ3n) is 3.56. The Bertz CT molecular complexity index is 677. The highest BCUT2D eigenvalue weighted by Crippen LogP contribution is 2.35. The van der Waals surface area contributed by atoms with E-state index in [0.717, 1.165) is 18.4 Å². The van der Waals surface area contributed by atoms with E-state index >= 15 is 0 Å². The van der Waals surface area contributed by atoms with Gasteiger partial charge in [0.1, 0.15) is 21.9 Å². The highest BCUT2D eigenvalue weighted by Gasteiger charge is 2.31. The lowest BCUT2D eigenvalue weighted by molar-refractivity contribution is 0.0701. The smallest absolute Gasteiger partial charge is 0.346 e. The molecule has 1 aliphatic rings. The van der Waals surface area contributed by atoms with Gasteiger partial charge in [0, 0.05) is 6.61 Å². The van der Waals surface area contributed by atoms with Crippen molar-refractivity contribution in [1.82, 2.24) is 9.97 Å². The number of carboxylic acids is 1. The lowest BCUT2D eigenvalue weighted by Crippen LogP contribution is -2.35. The molecule has 6 nitrogen and oxygen atoms in total. The van der Waals surface area contributed by atoms with Crippen molar-refractivity contribution >= 4 is 33.3 Å². The molecule has 20 heavy (non-hydrogen) atoms. The number of carbonyl (C=O) groups is 1. The number of hydrogen-bond acceptors (Lipinski definition) is 6. The summed E-state index contributed by atoms with van der Waals surface area (Å²) in [6.45, 7) is 5.21. The second-order valence-corrected chi connectivity index (χ2v) is 6.25. The number of carboxylic acid groups (broad SMARTS) is 1. The third kappa shape index (κ3) is 2.12. The second-order valence-electron chi connectivity index (χ2n) is 5.25. The third-order valence-corrected chi connectivity index (χ3v) is 4.75. The molecule has 1 saturated heterocycles. The maximum atomic E-state index is 11.2. The Morgan fingerprint density at radius 3 is 3.00 bits per heavy atom. The minimum absolute atomic E-state index is 0.168. The van der Waals surface area contributed by atoms with Gasteiger partial charge in [-0.15, -0.1) is 11.3 Å². The molecule has 0 aromatic carbocycles. The average Bonchev–Trinajstić information content (AvgIpc) is 2.95. The van der Waals surface area contributed by atoms with Gasteiger partial charge in [0.05, 0.1) is 17.5 Å². The molecule has 2 N–H and O–H groups in total. The molecule has 0 radical (unpaired) electrons. The molecule has 0 amide bonds. The van der Waals surface area contributed by atoms with Gasteiger partial charge in [0.2, 0.25) is 0 Å². The normalized spacial score (nSPS) is 22.3. The SMILES string of the molecule is Cc1c(C(=O)O)sc2ncnc(NC3(C)CCOC3)c12. The first-order valence-corrected chi connectivity index (χ1v) is 7.15. The molecule has 7 heteroatoms. The molecule has 1 unspecified atom stereocenters. The van der Waals surface area contributed by atoms with Crippen LogP contribution in [-0.2, 0) is 4.74 Å². The summed E-state index contributed by atoms with van der Waals surface area (Å²) in [6, 6.07) is 0. The standard InChI is InChI=1S/C13H15N3O3S/c1-7-8-10(16-13(2)3-4-19-5-13)14-6-15-11(8)20-9(7)12(17)18/h6H,3-5H2,1-2H3,(H,17,18)(H,14,15,16). The van der Waals surface area contributed by atoms with E-state index in [1.165, 1.54) is 17.7 Å². The van der Waals surface area contributed by atoms with Gasteiger partial charge in [-0.05, 0) is 25.8 Å². The largest absolute Gasteiger partial charge is 0.477 e. The van der Waals surface area contributed by atoms with E-state index in [2.05, 4.69) is 22.2 Å². The van der Waals surface area contributed by atoms with Crippen molar-refractivity contribution in [3.8, 4) is 0 Å². The summed E-state index contributed by atoms with van der Waals surface area (Å²) in [5.41, 5.74) is 0.544. The molecule has 2 aromatic heterocycles. The number of nitrogens with zero attached hydrogens (tertiary/aromatic N) is 2. The van der Waals surface area contributed by atoms with Crippen LogP contribution in [0.1, 0.15) is 28.6 Å². The van der Waals surface area contributed by atoms with E-state index in [1.807, 2.05) is 0 Å². The van der Waals surface area contributed by atoms with Crippen LogP contribution in [0, 0.1) is 6.92 Å². The average molecular weight is 293 g/mol. The molecule has 0 bridgehead atoms. The Morgan fingerprint density at radius 2 is 2.35 bits per heavy atom. The molecule has 0 aliphatic carbocycles. The van der Waals surface area contributed by atoms with E-state index in [4.69, 9.17) is 4.74 Å². The summed E-state index contributed by atoms with van der Waals surface area (Å²) in [4.78, 5) is 20.7. The first-order chi connectivity index (χ1) is 9.50.